The summed E-state index contributed by atoms with van der Waals surface area (Å²) in [5, 5.41) is 9.64. The quantitative estimate of drug-likeness (QED) is 0.931. The number of halogens is 1. The molecule has 2 aliphatic rings. The molecule has 0 saturated heterocycles. The van der Waals surface area contributed by atoms with Crippen molar-refractivity contribution in [2.75, 3.05) is 6.61 Å². The molecule has 1 aromatic carbocycles. The Hall–Kier alpha value is -1.39. The van der Waals surface area contributed by atoms with E-state index in [1.165, 1.54) is 0 Å². The van der Waals surface area contributed by atoms with Crippen molar-refractivity contribution >= 4 is 23.3 Å². The normalized spacial score (nSPS) is 28.8. The molecule has 5 heteroatoms. The summed E-state index contributed by atoms with van der Waals surface area (Å²) in [6.07, 6.45) is 2.09. The number of carbonyl (C=O) groups is 1. The predicted octanol–water partition coefficient (Wildman–Crippen LogP) is 2.47. The van der Waals surface area contributed by atoms with Crippen LogP contribution in [0.15, 0.2) is 29.3 Å². The van der Waals surface area contributed by atoms with Gasteiger partial charge in [-0.25, -0.2) is 4.99 Å². The van der Waals surface area contributed by atoms with Crippen molar-refractivity contribution in [2.45, 2.75) is 37.3 Å². The summed E-state index contributed by atoms with van der Waals surface area (Å²) in [5.74, 6) is 0.440. The minimum Gasteiger partial charge on any atom is -0.470 e. The van der Waals surface area contributed by atoms with Gasteiger partial charge in [0.05, 0.1) is 6.61 Å². The number of hydrogen-bond acceptors (Lipinski definition) is 4. The van der Waals surface area contributed by atoms with Gasteiger partial charge in [0.25, 0.3) is 0 Å². The number of carbonyl (C=O) groups excluding carboxylic acids is 1. The third-order valence-electron chi connectivity index (χ3n) is 3.94. The Bertz CT molecular complexity index is 572. The van der Waals surface area contributed by atoms with Gasteiger partial charge >= 0.3 is 0 Å². The van der Waals surface area contributed by atoms with Crippen LogP contribution in [0.1, 0.15) is 31.2 Å². The summed E-state index contributed by atoms with van der Waals surface area (Å²) in [6.45, 7) is -0.0433. The van der Waals surface area contributed by atoms with E-state index in [2.05, 4.69) is 4.99 Å². The van der Waals surface area contributed by atoms with E-state index in [1.54, 1.807) is 6.07 Å². The smallest absolute Gasteiger partial charge is 0.205 e. The van der Waals surface area contributed by atoms with E-state index in [0.717, 1.165) is 12.0 Å². The Morgan fingerprint density at radius 1 is 1.45 bits per heavy atom. The Morgan fingerprint density at radius 3 is 3.00 bits per heavy atom. The highest BCUT2D eigenvalue weighted by Gasteiger charge is 2.51. The molecular formula is C15H16ClNO3. The monoisotopic (exact) mass is 293 g/mol. The lowest BCUT2D eigenvalue weighted by atomic mass is 9.74. The summed E-state index contributed by atoms with van der Waals surface area (Å²) < 4.78 is 5.59. The molecule has 1 fully saturated rings. The fourth-order valence-corrected chi connectivity index (χ4v) is 3.32. The minimum absolute atomic E-state index is 0.0152. The zero-order valence-corrected chi connectivity index (χ0v) is 11.8. The number of Topliss-reactive ketones (excluding diaryl/α,β-unsaturated/α-hetero) is 1. The van der Waals surface area contributed by atoms with Crippen LogP contribution in [0, 0.1) is 0 Å². The highest BCUT2D eigenvalue weighted by atomic mass is 35.5. The number of fused-ring (bicyclic) bond motifs is 2. The van der Waals surface area contributed by atoms with Crippen LogP contribution in [0.5, 0.6) is 0 Å². The van der Waals surface area contributed by atoms with Gasteiger partial charge < -0.3 is 9.84 Å². The second kappa shape index (κ2) is 5.19. The van der Waals surface area contributed by atoms with Crippen LogP contribution in [0.4, 0.5) is 0 Å². The number of rotatable bonds is 3. The van der Waals surface area contributed by atoms with Crippen molar-refractivity contribution in [1.29, 1.82) is 0 Å². The molecule has 0 unspecified atom stereocenters. The molecule has 0 aromatic heterocycles. The first-order chi connectivity index (χ1) is 9.67. The van der Waals surface area contributed by atoms with Crippen molar-refractivity contribution in [2.24, 2.45) is 4.99 Å². The second-order valence-electron chi connectivity index (χ2n) is 5.18. The van der Waals surface area contributed by atoms with Gasteiger partial charge in [0, 0.05) is 17.0 Å². The lowest BCUT2D eigenvalue weighted by Crippen LogP contribution is -2.51. The summed E-state index contributed by atoms with van der Waals surface area (Å²) in [4.78, 5) is 17.2. The van der Waals surface area contributed by atoms with Crippen molar-refractivity contribution in [3.63, 3.8) is 0 Å². The molecule has 20 heavy (non-hydrogen) atoms. The highest BCUT2D eigenvalue weighted by molar-refractivity contribution is 6.32. The van der Waals surface area contributed by atoms with Crippen molar-refractivity contribution in [3.8, 4) is 0 Å². The summed E-state index contributed by atoms with van der Waals surface area (Å²) >= 11 is 6.28. The average Bonchev–Trinajstić information content (AvgIpc) is 2.41. The fourth-order valence-electron chi connectivity index (χ4n) is 3.03. The second-order valence-corrected chi connectivity index (χ2v) is 5.59. The van der Waals surface area contributed by atoms with Crippen molar-refractivity contribution in [1.82, 2.24) is 0 Å². The molecule has 4 nitrogen and oxygen atoms in total. The van der Waals surface area contributed by atoms with Gasteiger partial charge in [-0.3, -0.25) is 4.79 Å². The molecule has 106 valence electrons. The van der Waals surface area contributed by atoms with E-state index in [9.17, 15) is 4.79 Å². The number of ether oxygens (including phenoxy) is 1. The van der Waals surface area contributed by atoms with E-state index < -0.39 is 11.6 Å². The summed E-state index contributed by atoms with van der Waals surface area (Å²) in [7, 11) is 0. The molecule has 2 bridgehead atoms. The highest BCUT2D eigenvalue weighted by Crippen LogP contribution is 2.44. The first-order valence-electron chi connectivity index (χ1n) is 6.83. The topological polar surface area (TPSA) is 58.9 Å². The maximum absolute atomic E-state index is 12.7. The largest absolute Gasteiger partial charge is 0.470 e. The van der Waals surface area contributed by atoms with Crippen molar-refractivity contribution < 1.29 is 14.6 Å². The Kier molecular flexibility index (Phi) is 3.52. The summed E-state index contributed by atoms with van der Waals surface area (Å²) in [5.41, 5.74) is -0.181. The molecule has 1 heterocycles. The lowest BCUT2D eigenvalue weighted by molar-refractivity contribution is -0.137. The molecule has 3 rings (SSSR count). The molecule has 0 radical (unpaired) electrons. The molecule has 1 saturated carbocycles. The van der Waals surface area contributed by atoms with Crippen LogP contribution in [0.3, 0.4) is 0 Å². The van der Waals surface area contributed by atoms with E-state index >= 15 is 0 Å². The number of aliphatic imine (C=N–C) groups is 1. The predicted molar refractivity (Wildman–Crippen MR) is 76.0 cm³/mol. The number of aliphatic hydroxyl groups is 1. The Morgan fingerprint density at radius 2 is 2.25 bits per heavy atom. The van der Waals surface area contributed by atoms with E-state index in [4.69, 9.17) is 21.4 Å². The van der Waals surface area contributed by atoms with Crippen LogP contribution in [0.2, 0.25) is 5.02 Å². The van der Waals surface area contributed by atoms with Crippen LogP contribution in [-0.2, 0) is 15.1 Å². The Labute approximate surface area is 122 Å². The maximum atomic E-state index is 12.7. The van der Waals surface area contributed by atoms with Crippen molar-refractivity contribution in [3.05, 3.63) is 34.9 Å². The first-order valence-corrected chi connectivity index (χ1v) is 7.21. The van der Waals surface area contributed by atoms with Gasteiger partial charge in [-0.05, 0) is 25.3 Å². The standard InChI is InChI=1S/C15H16ClNO3/c16-11-5-2-1-4-10(11)15-8-3-6-12(14(15)19)20-13(17-15)7-9-18/h1-2,4-5,12,18H,3,6-9H2/t12-,15-/m1/s1. The average molecular weight is 294 g/mol. The SMILES string of the molecule is O=C1[C@H]2CCC[C@]1(c1ccccc1Cl)N=C(CCO)O2. The minimum atomic E-state index is -0.927. The van der Waals surface area contributed by atoms with Gasteiger partial charge in [-0.15, -0.1) is 0 Å². The van der Waals surface area contributed by atoms with Crippen LogP contribution >= 0.6 is 11.6 Å². The molecule has 0 amide bonds. The number of aliphatic hydroxyl groups excluding tert-OH is 1. The lowest BCUT2D eigenvalue weighted by Gasteiger charge is -2.41. The zero-order chi connectivity index (χ0) is 14.2. The van der Waals surface area contributed by atoms with Gasteiger partial charge in [0.1, 0.15) is 0 Å². The first kappa shape index (κ1) is 13.6. The summed E-state index contributed by atoms with van der Waals surface area (Å²) in [6, 6.07) is 7.34. The number of hydrogen-bond donors (Lipinski definition) is 1. The molecule has 0 spiro atoms. The van der Waals surface area contributed by atoms with Gasteiger partial charge in [0.2, 0.25) is 5.78 Å². The number of nitrogens with zero attached hydrogens (tertiary/aromatic N) is 1. The van der Waals surface area contributed by atoms with E-state index in [0.29, 0.717) is 30.2 Å². The van der Waals surface area contributed by atoms with Crippen LogP contribution in [0.25, 0.3) is 0 Å². The third kappa shape index (κ3) is 2.03. The maximum Gasteiger partial charge on any atom is 0.205 e. The van der Waals surface area contributed by atoms with Crippen LogP contribution < -0.4 is 0 Å². The fraction of sp³-hybridized carbons (Fsp3) is 0.467. The zero-order valence-electron chi connectivity index (χ0n) is 11.0. The third-order valence-corrected chi connectivity index (χ3v) is 4.27. The van der Waals surface area contributed by atoms with E-state index in [-0.39, 0.29) is 12.4 Å². The van der Waals surface area contributed by atoms with Gasteiger partial charge in [0.15, 0.2) is 17.5 Å². The molecule has 1 N–H and O–H groups in total. The van der Waals surface area contributed by atoms with E-state index in [1.807, 2.05) is 18.2 Å². The molecule has 1 aliphatic heterocycles. The molecule has 2 atom stereocenters. The van der Waals surface area contributed by atoms with Crippen LogP contribution in [-0.4, -0.2) is 29.5 Å². The Balaban J connectivity index is 2.13. The van der Waals surface area contributed by atoms with Gasteiger partial charge in [-0.1, -0.05) is 29.8 Å². The molecular weight excluding hydrogens is 278 g/mol. The van der Waals surface area contributed by atoms with Gasteiger partial charge in [-0.2, -0.15) is 0 Å². The molecule has 1 aliphatic carbocycles. The number of benzene rings is 1. The molecule has 1 aromatic rings. The number of ketones is 1.